The third kappa shape index (κ3) is 2.32. The third-order valence-electron chi connectivity index (χ3n) is 2.73. The zero-order chi connectivity index (χ0) is 13.2. The number of pyridine rings is 1. The number of nitrogens with zero attached hydrogens (tertiary/aromatic N) is 1. The second kappa shape index (κ2) is 4.78. The number of carbonyl (C=O) groups is 1. The lowest BCUT2D eigenvalue weighted by Gasteiger charge is -2.05. The number of amides is 1. The van der Waals surface area contributed by atoms with Crippen molar-refractivity contribution < 1.29 is 9.18 Å². The van der Waals surface area contributed by atoms with Crippen LogP contribution in [-0.2, 0) is 0 Å². The molecule has 0 saturated carbocycles. The Morgan fingerprint density at radius 3 is 3.00 bits per heavy atom. The highest BCUT2D eigenvalue weighted by Crippen LogP contribution is 2.24. The molecule has 19 heavy (non-hydrogen) atoms. The topological polar surface area (TPSA) is 42.0 Å². The minimum atomic E-state index is -0.628. The smallest absolute Gasteiger partial charge is 0.258 e. The first kappa shape index (κ1) is 11.8. The first-order chi connectivity index (χ1) is 9.24. The SMILES string of the molecule is O=C(Nc1ccc2sccc2c1)c1ccncc1F. The molecule has 0 radical (unpaired) electrons. The number of benzene rings is 1. The van der Waals surface area contributed by atoms with E-state index in [-0.39, 0.29) is 5.56 Å². The number of anilines is 1. The van der Waals surface area contributed by atoms with Crippen LogP contribution in [0.5, 0.6) is 0 Å². The molecule has 5 heteroatoms. The van der Waals surface area contributed by atoms with Gasteiger partial charge >= 0.3 is 0 Å². The Hall–Kier alpha value is -2.27. The number of nitrogens with one attached hydrogen (secondary N) is 1. The molecule has 0 bridgehead atoms. The van der Waals surface area contributed by atoms with E-state index in [4.69, 9.17) is 0 Å². The van der Waals surface area contributed by atoms with Crippen molar-refractivity contribution in [2.24, 2.45) is 0 Å². The summed E-state index contributed by atoms with van der Waals surface area (Å²) in [6.45, 7) is 0. The van der Waals surface area contributed by atoms with E-state index in [1.54, 1.807) is 17.4 Å². The summed E-state index contributed by atoms with van der Waals surface area (Å²) in [5.74, 6) is -1.11. The highest BCUT2D eigenvalue weighted by Gasteiger charge is 2.11. The molecule has 0 aliphatic heterocycles. The monoisotopic (exact) mass is 272 g/mol. The van der Waals surface area contributed by atoms with E-state index >= 15 is 0 Å². The second-order valence-corrected chi connectivity index (χ2v) is 4.93. The molecule has 0 fully saturated rings. The molecule has 3 aromatic rings. The quantitative estimate of drug-likeness (QED) is 0.773. The van der Waals surface area contributed by atoms with Gasteiger partial charge in [-0.25, -0.2) is 4.39 Å². The average Bonchev–Trinajstić information content (AvgIpc) is 2.86. The zero-order valence-electron chi connectivity index (χ0n) is 9.76. The summed E-state index contributed by atoms with van der Waals surface area (Å²) in [5, 5.41) is 5.72. The lowest BCUT2D eigenvalue weighted by atomic mass is 10.2. The molecule has 1 aromatic carbocycles. The van der Waals surface area contributed by atoms with E-state index < -0.39 is 11.7 Å². The van der Waals surface area contributed by atoms with Crippen LogP contribution in [0.25, 0.3) is 10.1 Å². The van der Waals surface area contributed by atoms with Crippen LogP contribution in [0.4, 0.5) is 10.1 Å². The van der Waals surface area contributed by atoms with Gasteiger partial charge in [-0.1, -0.05) is 0 Å². The van der Waals surface area contributed by atoms with Gasteiger partial charge in [-0.2, -0.15) is 0 Å². The molecule has 1 N–H and O–H groups in total. The normalized spacial score (nSPS) is 10.6. The highest BCUT2D eigenvalue weighted by molar-refractivity contribution is 7.17. The van der Waals surface area contributed by atoms with Crippen LogP contribution in [-0.4, -0.2) is 10.9 Å². The molecule has 0 saturated heterocycles. The van der Waals surface area contributed by atoms with Crippen molar-refractivity contribution in [3.8, 4) is 0 Å². The van der Waals surface area contributed by atoms with Crippen LogP contribution in [0.2, 0.25) is 0 Å². The molecule has 3 nitrogen and oxygen atoms in total. The van der Waals surface area contributed by atoms with Gasteiger partial charge < -0.3 is 5.32 Å². The fraction of sp³-hybridized carbons (Fsp3) is 0. The average molecular weight is 272 g/mol. The maximum atomic E-state index is 13.4. The van der Waals surface area contributed by atoms with Crippen molar-refractivity contribution in [3.63, 3.8) is 0 Å². The molecule has 2 heterocycles. The van der Waals surface area contributed by atoms with Crippen molar-refractivity contribution in [1.82, 2.24) is 4.98 Å². The minimum absolute atomic E-state index is 0.0135. The van der Waals surface area contributed by atoms with E-state index in [9.17, 15) is 9.18 Å². The van der Waals surface area contributed by atoms with Gasteiger partial charge in [0, 0.05) is 16.6 Å². The highest BCUT2D eigenvalue weighted by atomic mass is 32.1. The van der Waals surface area contributed by atoms with Gasteiger partial charge in [-0.3, -0.25) is 9.78 Å². The summed E-state index contributed by atoms with van der Waals surface area (Å²) in [5.41, 5.74) is 0.632. The number of hydrogen-bond acceptors (Lipinski definition) is 3. The maximum absolute atomic E-state index is 13.4. The predicted octanol–water partition coefficient (Wildman–Crippen LogP) is 3.69. The van der Waals surface area contributed by atoms with Gasteiger partial charge in [-0.05, 0) is 41.1 Å². The molecule has 0 aliphatic carbocycles. The van der Waals surface area contributed by atoms with Crippen molar-refractivity contribution in [2.75, 3.05) is 5.32 Å². The Bertz CT molecular complexity index is 754. The Morgan fingerprint density at radius 1 is 1.26 bits per heavy atom. The van der Waals surface area contributed by atoms with E-state index in [1.165, 1.54) is 12.3 Å². The Labute approximate surface area is 112 Å². The molecule has 2 aromatic heterocycles. The molecule has 0 unspecified atom stereocenters. The third-order valence-corrected chi connectivity index (χ3v) is 3.63. The Kier molecular flexibility index (Phi) is 2.97. The summed E-state index contributed by atoms with van der Waals surface area (Å²) in [4.78, 5) is 15.5. The molecular formula is C14H9FN2OS. The van der Waals surface area contributed by atoms with E-state index in [0.717, 1.165) is 16.3 Å². The Morgan fingerprint density at radius 2 is 2.16 bits per heavy atom. The van der Waals surface area contributed by atoms with E-state index in [2.05, 4.69) is 10.3 Å². The molecule has 0 spiro atoms. The molecule has 0 aliphatic rings. The van der Waals surface area contributed by atoms with Gasteiger partial charge in [-0.15, -0.1) is 11.3 Å². The zero-order valence-corrected chi connectivity index (χ0v) is 10.6. The van der Waals surface area contributed by atoms with Crippen LogP contribution in [0, 0.1) is 5.82 Å². The van der Waals surface area contributed by atoms with Crippen LogP contribution in [0.15, 0.2) is 48.1 Å². The molecule has 94 valence electrons. The van der Waals surface area contributed by atoms with Crippen molar-refractivity contribution >= 4 is 33.0 Å². The number of fused-ring (bicyclic) bond motifs is 1. The fourth-order valence-electron chi connectivity index (χ4n) is 1.80. The lowest BCUT2D eigenvalue weighted by molar-refractivity contribution is 0.102. The van der Waals surface area contributed by atoms with Gasteiger partial charge in [0.05, 0.1) is 11.8 Å². The number of halogens is 1. The fourth-order valence-corrected chi connectivity index (χ4v) is 2.57. The van der Waals surface area contributed by atoms with Crippen molar-refractivity contribution in [2.45, 2.75) is 0 Å². The number of hydrogen-bond donors (Lipinski definition) is 1. The maximum Gasteiger partial charge on any atom is 0.258 e. The molecule has 3 rings (SSSR count). The number of rotatable bonds is 2. The predicted molar refractivity (Wildman–Crippen MR) is 74.0 cm³/mol. The summed E-state index contributed by atoms with van der Waals surface area (Å²) in [6.07, 6.45) is 2.41. The van der Waals surface area contributed by atoms with Gasteiger partial charge in [0.2, 0.25) is 0 Å². The van der Waals surface area contributed by atoms with Crippen molar-refractivity contribution in [1.29, 1.82) is 0 Å². The standard InChI is InChI=1S/C14H9FN2OS/c15-12-8-16-5-3-11(12)14(18)17-10-1-2-13-9(7-10)4-6-19-13/h1-8H,(H,17,18). The number of carbonyl (C=O) groups excluding carboxylic acids is 1. The minimum Gasteiger partial charge on any atom is -0.322 e. The first-order valence-electron chi connectivity index (χ1n) is 5.62. The van der Waals surface area contributed by atoms with Crippen LogP contribution >= 0.6 is 11.3 Å². The number of thiophene rings is 1. The first-order valence-corrected chi connectivity index (χ1v) is 6.50. The van der Waals surface area contributed by atoms with Crippen LogP contribution < -0.4 is 5.32 Å². The summed E-state index contributed by atoms with van der Waals surface area (Å²) >= 11 is 1.63. The van der Waals surface area contributed by atoms with Crippen LogP contribution in [0.1, 0.15) is 10.4 Å². The summed E-state index contributed by atoms with van der Waals surface area (Å²) in [6, 6.07) is 8.92. The largest absolute Gasteiger partial charge is 0.322 e. The molecule has 0 atom stereocenters. The molecule has 1 amide bonds. The number of aromatic nitrogens is 1. The Balaban J connectivity index is 1.88. The van der Waals surface area contributed by atoms with E-state index in [0.29, 0.717) is 5.69 Å². The summed E-state index contributed by atoms with van der Waals surface area (Å²) in [7, 11) is 0. The summed E-state index contributed by atoms with van der Waals surface area (Å²) < 4.78 is 14.6. The second-order valence-electron chi connectivity index (χ2n) is 3.98. The van der Waals surface area contributed by atoms with E-state index in [1.807, 2.05) is 23.6 Å². The lowest BCUT2D eigenvalue weighted by Crippen LogP contribution is -2.13. The van der Waals surface area contributed by atoms with Gasteiger partial charge in [0.15, 0.2) is 5.82 Å². The van der Waals surface area contributed by atoms with Gasteiger partial charge in [0.1, 0.15) is 0 Å². The van der Waals surface area contributed by atoms with Crippen LogP contribution in [0.3, 0.4) is 0 Å². The van der Waals surface area contributed by atoms with Gasteiger partial charge in [0.25, 0.3) is 5.91 Å². The molecular weight excluding hydrogens is 263 g/mol. The van der Waals surface area contributed by atoms with Crippen molar-refractivity contribution in [3.05, 3.63) is 59.5 Å².